The van der Waals surface area contributed by atoms with E-state index in [2.05, 4.69) is 11.9 Å². The van der Waals surface area contributed by atoms with Crippen molar-refractivity contribution < 1.29 is 9.53 Å². The van der Waals surface area contributed by atoms with Crippen LogP contribution < -0.4 is 5.73 Å². The van der Waals surface area contributed by atoms with Crippen molar-refractivity contribution >= 4 is 34.9 Å². The molecule has 1 unspecified atom stereocenters. The molecule has 4 nitrogen and oxygen atoms in total. The first-order chi connectivity index (χ1) is 9.99. The number of piperidine rings is 1. The van der Waals surface area contributed by atoms with Gasteiger partial charge in [0.2, 0.25) is 0 Å². The van der Waals surface area contributed by atoms with Crippen LogP contribution in [0.15, 0.2) is 12.1 Å². The van der Waals surface area contributed by atoms with Gasteiger partial charge < -0.3 is 15.4 Å². The van der Waals surface area contributed by atoms with Gasteiger partial charge in [-0.2, -0.15) is 0 Å². The van der Waals surface area contributed by atoms with E-state index in [1.165, 1.54) is 25.0 Å². The van der Waals surface area contributed by atoms with Crippen molar-refractivity contribution in [2.24, 2.45) is 0 Å². The number of carbonyl (C=O) groups excluding carboxylic acids is 1. The average molecular weight is 331 g/mol. The molecule has 0 aromatic heterocycles. The first-order valence-corrected chi connectivity index (χ1v) is 7.86. The number of hydrogen-bond donors (Lipinski definition) is 1. The van der Waals surface area contributed by atoms with Crippen LogP contribution >= 0.6 is 23.2 Å². The van der Waals surface area contributed by atoms with Crippen molar-refractivity contribution in [1.29, 1.82) is 0 Å². The van der Waals surface area contributed by atoms with E-state index in [9.17, 15) is 4.79 Å². The Morgan fingerprint density at radius 3 is 2.90 bits per heavy atom. The average Bonchev–Trinajstić information content (AvgIpc) is 2.44. The summed E-state index contributed by atoms with van der Waals surface area (Å²) in [6.45, 7) is 1.48. The third-order valence-electron chi connectivity index (χ3n) is 3.88. The van der Waals surface area contributed by atoms with Gasteiger partial charge in [0.05, 0.1) is 22.2 Å². The van der Waals surface area contributed by atoms with Gasteiger partial charge in [-0.3, -0.25) is 0 Å². The molecule has 2 rings (SSSR count). The smallest absolute Gasteiger partial charge is 0.339 e. The zero-order valence-electron chi connectivity index (χ0n) is 12.1. The van der Waals surface area contributed by atoms with Crippen LogP contribution in [0.25, 0.3) is 0 Å². The van der Waals surface area contributed by atoms with Crippen LogP contribution in [0.3, 0.4) is 0 Å². The Kier molecular flexibility index (Phi) is 5.73. The van der Waals surface area contributed by atoms with Crippen LogP contribution in [0.4, 0.5) is 5.69 Å². The van der Waals surface area contributed by atoms with Crippen molar-refractivity contribution in [3.05, 3.63) is 27.7 Å². The predicted octanol–water partition coefficient (Wildman–Crippen LogP) is 3.61. The fraction of sp³-hybridized carbons (Fsp3) is 0.533. The first-order valence-electron chi connectivity index (χ1n) is 7.11. The Hall–Kier alpha value is -0.970. The van der Waals surface area contributed by atoms with Gasteiger partial charge in [0, 0.05) is 11.7 Å². The number of halogens is 2. The monoisotopic (exact) mass is 330 g/mol. The zero-order chi connectivity index (χ0) is 15.4. The molecule has 1 aliphatic heterocycles. The molecule has 1 fully saturated rings. The highest BCUT2D eigenvalue weighted by Gasteiger charge is 2.20. The molecule has 1 aliphatic rings. The lowest BCUT2D eigenvalue weighted by Gasteiger charge is -2.32. The van der Waals surface area contributed by atoms with Gasteiger partial charge >= 0.3 is 5.97 Å². The molecule has 1 heterocycles. The Labute approximate surface area is 135 Å². The number of hydrogen-bond acceptors (Lipinski definition) is 4. The predicted molar refractivity (Wildman–Crippen MR) is 86.0 cm³/mol. The largest absolute Gasteiger partial charge is 0.462 e. The normalized spacial score (nSPS) is 19.5. The summed E-state index contributed by atoms with van der Waals surface area (Å²) in [7, 11) is 2.11. The minimum absolute atomic E-state index is 0.186. The Morgan fingerprint density at radius 2 is 2.19 bits per heavy atom. The highest BCUT2D eigenvalue weighted by molar-refractivity contribution is 6.44. The molecule has 0 amide bonds. The van der Waals surface area contributed by atoms with E-state index in [0.29, 0.717) is 18.3 Å². The van der Waals surface area contributed by atoms with Crippen LogP contribution in [0.5, 0.6) is 0 Å². The quantitative estimate of drug-likeness (QED) is 0.676. The van der Waals surface area contributed by atoms with Gasteiger partial charge in [-0.1, -0.05) is 29.6 Å². The number of likely N-dealkylation sites (tertiary alicyclic amines) is 1. The molecule has 1 aromatic rings. The van der Waals surface area contributed by atoms with E-state index >= 15 is 0 Å². The molecule has 1 atom stereocenters. The lowest BCUT2D eigenvalue weighted by Crippen LogP contribution is -2.37. The summed E-state index contributed by atoms with van der Waals surface area (Å²) in [6.07, 6.45) is 4.46. The summed E-state index contributed by atoms with van der Waals surface area (Å²) >= 11 is 11.9. The van der Waals surface area contributed by atoms with Crippen molar-refractivity contribution in [3.63, 3.8) is 0 Å². The second-order valence-corrected chi connectivity index (χ2v) is 6.20. The Morgan fingerprint density at radius 1 is 1.43 bits per heavy atom. The maximum absolute atomic E-state index is 12.1. The number of esters is 1. The topological polar surface area (TPSA) is 55.6 Å². The molecule has 0 spiro atoms. The molecule has 21 heavy (non-hydrogen) atoms. The lowest BCUT2D eigenvalue weighted by molar-refractivity contribution is 0.0450. The highest BCUT2D eigenvalue weighted by Crippen LogP contribution is 2.29. The molecule has 0 radical (unpaired) electrons. The van der Waals surface area contributed by atoms with E-state index in [0.717, 1.165) is 19.4 Å². The number of nitrogens with two attached hydrogens (primary N) is 1. The second kappa shape index (κ2) is 7.34. The zero-order valence-corrected chi connectivity index (χ0v) is 13.6. The fourth-order valence-corrected chi connectivity index (χ4v) is 3.05. The second-order valence-electron chi connectivity index (χ2n) is 5.42. The third kappa shape index (κ3) is 4.25. The summed E-state index contributed by atoms with van der Waals surface area (Å²) in [5, 5.41) is 0.446. The van der Waals surface area contributed by atoms with E-state index in [1.54, 1.807) is 0 Å². The number of anilines is 1. The van der Waals surface area contributed by atoms with Crippen molar-refractivity contribution in [1.82, 2.24) is 4.90 Å². The molecule has 0 saturated carbocycles. The number of ether oxygens (including phenoxy) is 1. The Bertz CT molecular complexity index is 523. The van der Waals surface area contributed by atoms with Gasteiger partial charge in [0.25, 0.3) is 0 Å². The summed E-state index contributed by atoms with van der Waals surface area (Å²) in [5.74, 6) is -0.479. The van der Waals surface area contributed by atoms with E-state index in [4.69, 9.17) is 33.7 Å². The molecule has 1 saturated heterocycles. The molecule has 1 aromatic carbocycles. The van der Waals surface area contributed by atoms with Crippen molar-refractivity contribution in [2.75, 3.05) is 25.9 Å². The number of benzene rings is 1. The summed E-state index contributed by atoms with van der Waals surface area (Å²) in [6, 6.07) is 3.48. The van der Waals surface area contributed by atoms with Crippen molar-refractivity contribution in [2.45, 2.75) is 31.7 Å². The molecule has 116 valence electrons. The van der Waals surface area contributed by atoms with Gasteiger partial charge in [-0.15, -0.1) is 0 Å². The maximum Gasteiger partial charge on any atom is 0.339 e. The van der Waals surface area contributed by atoms with Crippen molar-refractivity contribution in [3.8, 4) is 0 Å². The molecule has 6 heteroatoms. The number of nitrogen functional groups attached to an aromatic ring is 1. The molecular formula is C15H20Cl2N2O2. The molecule has 0 bridgehead atoms. The van der Waals surface area contributed by atoms with Gasteiger partial charge in [0.1, 0.15) is 0 Å². The first kappa shape index (κ1) is 16.4. The van der Waals surface area contributed by atoms with Crippen LogP contribution in [-0.2, 0) is 4.74 Å². The van der Waals surface area contributed by atoms with E-state index in [-0.39, 0.29) is 15.6 Å². The summed E-state index contributed by atoms with van der Waals surface area (Å²) in [5.41, 5.74) is 6.29. The number of carbonyl (C=O) groups is 1. The van der Waals surface area contributed by atoms with Gasteiger partial charge in [-0.25, -0.2) is 4.79 Å². The Balaban J connectivity index is 1.90. The standard InChI is InChI=1S/C15H20Cl2N2O2/c1-19-6-3-2-4-11(19)5-7-21-15(20)12-8-10(18)9-13(16)14(12)17/h8-9,11H,2-7,18H2,1H3. The minimum Gasteiger partial charge on any atom is -0.462 e. The molecule has 2 N–H and O–H groups in total. The highest BCUT2D eigenvalue weighted by atomic mass is 35.5. The summed E-state index contributed by atoms with van der Waals surface area (Å²) < 4.78 is 5.31. The molecule has 0 aliphatic carbocycles. The van der Waals surface area contributed by atoms with Gasteiger partial charge in [-0.05, 0) is 45.0 Å². The SMILES string of the molecule is CN1CCCCC1CCOC(=O)c1cc(N)cc(Cl)c1Cl. The van der Waals surface area contributed by atoms with Crippen LogP contribution in [-0.4, -0.2) is 37.1 Å². The van der Waals surface area contributed by atoms with Crippen LogP contribution in [0, 0.1) is 0 Å². The number of rotatable bonds is 4. The summed E-state index contributed by atoms with van der Waals surface area (Å²) in [4.78, 5) is 14.4. The fourth-order valence-electron chi connectivity index (χ4n) is 2.63. The van der Waals surface area contributed by atoms with E-state index in [1.807, 2.05) is 0 Å². The van der Waals surface area contributed by atoms with Crippen LogP contribution in [0.2, 0.25) is 10.0 Å². The minimum atomic E-state index is -0.479. The maximum atomic E-state index is 12.1. The van der Waals surface area contributed by atoms with Gasteiger partial charge in [0.15, 0.2) is 0 Å². The van der Waals surface area contributed by atoms with E-state index < -0.39 is 5.97 Å². The lowest BCUT2D eigenvalue weighted by atomic mass is 10.0. The molecular weight excluding hydrogens is 311 g/mol. The third-order valence-corrected chi connectivity index (χ3v) is 4.68. The number of nitrogens with zero attached hydrogens (tertiary/aromatic N) is 1. The van der Waals surface area contributed by atoms with Crippen LogP contribution in [0.1, 0.15) is 36.0 Å².